The number of fused-ring (bicyclic) bond motifs is 1. The van der Waals surface area contributed by atoms with E-state index < -0.39 is 15.4 Å². The fourth-order valence-electron chi connectivity index (χ4n) is 2.95. The zero-order valence-electron chi connectivity index (χ0n) is 10.8. The van der Waals surface area contributed by atoms with Crippen LogP contribution in [0.1, 0.15) is 12.5 Å². The molecule has 0 unspecified atom stereocenters. The first kappa shape index (κ1) is 13.4. The molecule has 2 heterocycles. The Labute approximate surface area is 123 Å². The van der Waals surface area contributed by atoms with E-state index >= 15 is 0 Å². The summed E-state index contributed by atoms with van der Waals surface area (Å²) in [6.07, 6.45) is 0. The Morgan fingerprint density at radius 3 is 2.79 bits per heavy atom. The monoisotopic (exact) mass is 313 g/mol. The average Bonchev–Trinajstić information content (AvgIpc) is 2.64. The number of hydrogen-bond acceptors (Lipinski definition) is 4. The first-order valence-corrected chi connectivity index (χ1v) is 9.21. The smallest absolute Gasteiger partial charge is 0.153 e. The van der Waals surface area contributed by atoms with Gasteiger partial charge in [-0.2, -0.15) is 0 Å². The topological polar surface area (TPSA) is 37.4 Å². The van der Waals surface area contributed by atoms with Crippen LogP contribution in [0, 0.1) is 6.92 Å². The Bertz CT molecular complexity index is 656. The van der Waals surface area contributed by atoms with Gasteiger partial charge in [-0.15, -0.1) is 0 Å². The van der Waals surface area contributed by atoms with E-state index in [2.05, 4.69) is 4.90 Å². The second-order valence-electron chi connectivity index (χ2n) is 5.41. The standard InChI is InChI=1S/C13H15NO2S3/c1-9-5-3-4-6-10(9)14-12(17)18-11-7-19(15,16)8-13(11,14)2/h3-6,11H,7-8H2,1-2H3/t11-,13-/m1/s1. The SMILES string of the molecule is Cc1ccccc1N1C(=S)S[C@@H]2CS(=O)(=O)C[C@]21C. The lowest BCUT2D eigenvalue weighted by molar-refractivity contribution is 0.550. The van der Waals surface area contributed by atoms with Gasteiger partial charge in [0.05, 0.1) is 22.3 Å². The van der Waals surface area contributed by atoms with Crippen LogP contribution < -0.4 is 4.90 Å². The molecule has 2 saturated heterocycles. The summed E-state index contributed by atoms with van der Waals surface area (Å²) in [5.41, 5.74) is 1.74. The van der Waals surface area contributed by atoms with Crippen LogP contribution in [0.2, 0.25) is 0 Å². The van der Waals surface area contributed by atoms with Gasteiger partial charge in [-0.25, -0.2) is 8.42 Å². The highest BCUT2D eigenvalue weighted by atomic mass is 32.2. The minimum Gasteiger partial charge on any atom is -0.319 e. The number of aryl methyl sites for hydroxylation is 1. The molecule has 2 aliphatic rings. The third-order valence-corrected chi connectivity index (χ3v) is 7.79. The molecule has 3 rings (SSSR count). The van der Waals surface area contributed by atoms with Crippen LogP contribution in [-0.4, -0.2) is 35.0 Å². The molecule has 0 aliphatic carbocycles. The molecule has 2 atom stereocenters. The van der Waals surface area contributed by atoms with Gasteiger partial charge in [-0.05, 0) is 25.5 Å². The zero-order valence-corrected chi connectivity index (χ0v) is 13.2. The van der Waals surface area contributed by atoms with Crippen molar-refractivity contribution in [2.24, 2.45) is 0 Å². The minimum atomic E-state index is -2.96. The Kier molecular flexibility index (Phi) is 2.96. The Morgan fingerprint density at radius 1 is 1.42 bits per heavy atom. The number of hydrogen-bond donors (Lipinski definition) is 0. The highest BCUT2D eigenvalue weighted by Crippen LogP contribution is 2.48. The van der Waals surface area contributed by atoms with Crippen molar-refractivity contribution >= 4 is 43.8 Å². The fourth-order valence-corrected chi connectivity index (χ4v) is 7.86. The fraction of sp³-hybridized carbons (Fsp3) is 0.462. The van der Waals surface area contributed by atoms with Crippen LogP contribution in [0.4, 0.5) is 5.69 Å². The molecular weight excluding hydrogens is 298 g/mol. The number of benzene rings is 1. The van der Waals surface area contributed by atoms with Gasteiger partial charge < -0.3 is 4.90 Å². The van der Waals surface area contributed by atoms with E-state index in [9.17, 15) is 8.42 Å². The quantitative estimate of drug-likeness (QED) is 0.744. The predicted molar refractivity (Wildman–Crippen MR) is 84.7 cm³/mol. The van der Waals surface area contributed by atoms with Crippen molar-refractivity contribution in [1.29, 1.82) is 0 Å². The predicted octanol–water partition coefficient (Wildman–Crippen LogP) is 2.39. The summed E-state index contributed by atoms with van der Waals surface area (Å²) < 4.78 is 24.7. The molecule has 2 fully saturated rings. The molecule has 102 valence electrons. The summed E-state index contributed by atoms with van der Waals surface area (Å²) in [6.45, 7) is 4.05. The number of thioether (sulfide) groups is 1. The molecule has 0 aromatic heterocycles. The summed E-state index contributed by atoms with van der Waals surface area (Å²) in [6, 6.07) is 8.00. The summed E-state index contributed by atoms with van der Waals surface area (Å²) in [4.78, 5) is 2.05. The average molecular weight is 313 g/mol. The molecule has 0 amide bonds. The molecular formula is C13H15NO2S3. The van der Waals surface area contributed by atoms with E-state index in [1.807, 2.05) is 38.1 Å². The van der Waals surface area contributed by atoms with Gasteiger partial charge in [0.1, 0.15) is 4.32 Å². The Morgan fingerprint density at radius 2 is 2.11 bits per heavy atom. The van der Waals surface area contributed by atoms with E-state index in [-0.39, 0.29) is 16.8 Å². The first-order valence-electron chi connectivity index (χ1n) is 6.10. The number of para-hydroxylation sites is 1. The Balaban J connectivity index is 2.11. The third kappa shape index (κ3) is 2.00. The number of nitrogens with zero attached hydrogens (tertiary/aromatic N) is 1. The lowest BCUT2D eigenvalue weighted by atomic mass is 9.98. The van der Waals surface area contributed by atoms with Crippen molar-refractivity contribution in [3.8, 4) is 0 Å². The van der Waals surface area contributed by atoms with Crippen LogP contribution >= 0.6 is 24.0 Å². The van der Waals surface area contributed by atoms with Gasteiger partial charge >= 0.3 is 0 Å². The maximum Gasteiger partial charge on any atom is 0.153 e. The molecule has 19 heavy (non-hydrogen) atoms. The number of anilines is 1. The van der Waals surface area contributed by atoms with Crippen molar-refractivity contribution < 1.29 is 8.42 Å². The van der Waals surface area contributed by atoms with Crippen LogP contribution in [0.5, 0.6) is 0 Å². The molecule has 0 N–H and O–H groups in total. The van der Waals surface area contributed by atoms with Gasteiger partial charge in [-0.1, -0.05) is 42.2 Å². The van der Waals surface area contributed by atoms with Crippen LogP contribution in [0.25, 0.3) is 0 Å². The molecule has 0 saturated carbocycles. The third-order valence-electron chi connectivity index (χ3n) is 3.90. The molecule has 0 bridgehead atoms. The maximum absolute atomic E-state index is 11.9. The van der Waals surface area contributed by atoms with Gasteiger partial charge in [0, 0.05) is 5.69 Å². The van der Waals surface area contributed by atoms with Crippen molar-refractivity contribution in [1.82, 2.24) is 0 Å². The summed E-state index contributed by atoms with van der Waals surface area (Å²) in [7, 11) is -2.96. The summed E-state index contributed by atoms with van der Waals surface area (Å²) in [5.74, 6) is 0.419. The molecule has 2 aliphatic heterocycles. The van der Waals surface area contributed by atoms with Crippen molar-refractivity contribution in [3.05, 3.63) is 29.8 Å². The van der Waals surface area contributed by atoms with Crippen molar-refractivity contribution in [2.75, 3.05) is 16.4 Å². The largest absolute Gasteiger partial charge is 0.319 e. The number of rotatable bonds is 1. The highest BCUT2D eigenvalue weighted by molar-refractivity contribution is 8.24. The van der Waals surface area contributed by atoms with E-state index in [0.717, 1.165) is 15.6 Å². The van der Waals surface area contributed by atoms with E-state index in [0.29, 0.717) is 0 Å². The van der Waals surface area contributed by atoms with Crippen LogP contribution in [0.3, 0.4) is 0 Å². The van der Waals surface area contributed by atoms with Crippen molar-refractivity contribution in [3.63, 3.8) is 0 Å². The van der Waals surface area contributed by atoms with Crippen molar-refractivity contribution in [2.45, 2.75) is 24.6 Å². The second-order valence-corrected chi connectivity index (χ2v) is 9.35. The normalized spacial score (nSPS) is 32.6. The van der Waals surface area contributed by atoms with Crippen LogP contribution in [0.15, 0.2) is 24.3 Å². The van der Waals surface area contributed by atoms with Gasteiger partial charge in [0.2, 0.25) is 0 Å². The van der Waals surface area contributed by atoms with Gasteiger partial charge in [0.15, 0.2) is 9.84 Å². The molecule has 0 spiro atoms. The van der Waals surface area contributed by atoms with Gasteiger partial charge in [-0.3, -0.25) is 0 Å². The maximum atomic E-state index is 11.9. The second kappa shape index (κ2) is 4.20. The number of sulfone groups is 1. The first-order chi connectivity index (χ1) is 8.83. The van der Waals surface area contributed by atoms with Crippen LogP contribution in [-0.2, 0) is 9.84 Å². The summed E-state index contributed by atoms with van der Waals surface area (Å²) >= 11 is 7.00. The molecule has 1 aromatic carbocycles. The summed E-state index contributed by atoms with van der Waals surface area (Å²) in [5, 5.41) is 0.0459. The lowest BCUT2D eigenvalue weighted by Gasteiger charge is -2.35. The number of thiocarbonyl (C=S) groups is 1. The van der Waals surface area contributed by atoms with Gasteiger partial charge in [0.25, 0.3) is 0 Å². The molecule has 3 nitrogen and oxygen atoms in total. The molecule has 1 aromatic rings. The minimum absolute atomic E-state index is 0.0459. The lowest BCUT2D eigenvalue weighted by Crippen LogP contribution is -2.49. The molecule has 0 radical (unpaired) electrons. The Hall–Kier alpha value is -0.590. The van der Waals surface area contributed by atoms with E-state index in [4.69, 9.17) is 12.2 Å². The van der Waals surface area contributed by atoms with E-state index in [1.165, 1.54) is 11.8 Å². The molecule has 6 heteroatoms. The van der Waals surface area contributed by atoms with E-state index in [1.54, 1.807) is 0 Å². The highest BCUT2D eigenvalue weighted by Gasteiger charge is 2.57. The zero-order chi connectivity index (χ0) is 13.8.